The van der Waals surface area contributed by atoms with Crippen LogP contribution in [-0.2, 0) is 0 Å². The Bertz CT molecular complexity index is 1070. The lowest BCUT2D eigenvalue weighted by atomic mass is 9.95. The van der Waals surface area contributed by atoms with Crippen LogP contribution in [0.25, 0.3) is 0 Å². The molecule has 0 spiro atoms. The van der Waals surface area contributed by atoms with Crippen molar-refractivity contribution in [2.75, 3.05) is 30.0 Å². The number of benzene rings is 1. The molecule has 6 N–H and O–H groups in total. The zero-order valence-corrected chi connectivity index (χ0v) is 14.7. The number of fused-ring (bicyclic) bond motifs is 2. The number of ether oxygens (including phenoxy) is 2. The van der Waals surface area contributed by atoms with Gasteiger partial charge in [0.1, 0.15) is 29.3 Å². The molecule has 10 heteroatoms. The van der Waals surface area contributed by atoms with Crippen LogP contribution < -0.4 is 31.6 Å². The van der Waals surface area contributed by atoms with Crippen LogP contribution in [0.15, 0.2) is 23.2 Å². The highest BCUT2D eigenvalue weighted by atomic mass is 16.5. The van der Waals surface area contributed by atoms with Crippen molar-refractivity contribution < 1.29 is 9.47 Å². The molecule has 0 fully saturated rings. The Labute approximate surface area is 160 Å². The predicted octanol–water partition coefficient (Wildman–Crippen LogP) is 1.22. The van der Waals surface area contributed by atoms with E-state index in [2.05, 4.69) is 20.6 Å². The SMILES string of the molecule is N#CNC1=NC(c2ccc3c(c2)OCCCO3)c2c(nc(N)c(C#N)c2N)N1. The molecule has 2 aliphatic heterocycles. The summed E-state index contributed by atoms with van der Waals surface area (Å²) in [7, 11) is 0. The maximum absolute atomic E-state index is 9.39. The molecule has 0 saturated carbocycles. The van der Waals surface area contributed by atoms with E-state index in [4.69, 9.17) is 26.2 Å². The van der Waals surface area contributed by atoms with E-state index in [1.165, 1.54) is 0 Å². The lowest BCUT2D eigenvalue weighted by Gasteiger charge is -2.26. The van der Waals surface area contributed by atoms with Gasteiger partial charge in [-0.1, -0.05) is 6.07 Å². The smallest absolute Gasteiger partial charge is 0.211 e. The lowest BCUT2D eigenvalue weighted by molar-refractivity contribution is 0.297. The predicted molar refractivity (Wildman–Crippen MR) is 101 cm³/mol. The van der Waals surface area contributed by atoms with Gasteiger partial charge < -0.3 is 26.3 Å². The summed E-state index contributed by atoms with van der Waals surface area (Å²) in [5.41, 5.74) is 13.6. The van der Waals surface area contributed by atoms with Gasteiger partial charge >= 0.3 is 0 Å². The molecule has 0 radical (unpaired) electrons. The first-order valence-corrected chi connectivity index (χ1v) is 8.50. The summed E-state index contributed by atoms with van der Waals surface area (Å²) >= 11 is 0. The summed E-state index contributed by atoms with van der Waals surface area (Å²) in [4.78, 5) is 8.76. The van der Waals surface area contributed by atoms with Crippen LogP contribution in [-0.4, -0.2) is 24.2 Å². The number of nitriles is 2. The number of pyridine rings is 1. The molecular formula is C18H16N8O2. The summed E-state index contributed by atoms with van der Waals surface area (Å²) in [6, 6.07) is 6.81. The van der Waals surface area contributed by atoms with Gasteiger partial charge in [-0.05, 0) is 17.7 Å². The van der Waals surface area contributed by atoms with Crippen molar-refractivity contribution in [3.63, 3.8) is 0 Å². The number of hydrogen-bond donors (Lipinski definition) is 4. The average molecular weight is 376 g/mol. The standard InChI is InChI=1S/C18H16N8O2/c19-7-10-14(21)13-15(24-18(23-8-20)26-17(13)25-16(10)22)9-2-3-11-12(6-9)28-5-1-4-27-11/h2-3,6,15H,1,4-5H2,(H6,21,22,23,24,25,26). The van der Waals surface area contributed by atoms with Crippen LogP contribution in [0.2, 0.25) is 0 Å². The van der Waals surface area contributed by atoms with E-state index >= 15 is 0 Å². The first-order chi connectivity index (χ1) is 13.6. The van der Waals surface area contributed by atoms with Crippen LogP contribution in [0.1, 0.15) is 29.2 Å². The van der Waals surface area contributed by atoms with Crippen molar-refractivity contribution in [3.05, 3.63) is 34.9 Å². The Morgan fingerprint density at radius 3 is 2.71 bits per heavy atom. The quantitative estimate of drug-likeness (QED) is 0.422. The molecule has 3 heterocycles. The molecule has 10 nitrogen and oxygen atoms in total. The van der Waals surface area contributed by atoms with E-state index in [1.54, 1.807) is 6.07 Å². The topological polar surface area (TPSA) is 167 Å². The number of nitrogens with zero attached hydrogens (tertiary/aromatic N) is 4. The normalized spacial score (nSPS) is 17.1. The summed E-state index contributed by atoms with van der Waals surface area (Å²) in [5.74, 6) is 1.78. The van der Waals surface area contributed by atoms with Gasteiger partial charge in [0.15, 0.2) is 17.7 Å². The van der Waals surface area contributed by atoms with E-state index in [1.807, 2.05) is 24.4 Å². The molecule has 2 aliphatic rings. The number of rotatable bonds is 1. The molecule has 1 unspecified atom stereocenters. The second-order valence-electron chi connectivity index (χ2n) is 6.16. The molecule has 140 valence electrons. The van der Waals surface area contributed by atoms with Crippen molar-refractivity contribution in [2.45, 2.75) is 12.5 Å². The Hall–Kier alpha value is -4.18. The van der Waals surface area contributed by atoms with Gasteiger partial charge in [0.05, 0.1) is 18.9 Å². The van der Waals surface area contributed by atoms with Gasteiger partial charge in [-0.25, -0.2) is 9.98 Å². The number of guanidine groups is 1. The highest BCUT2D eigenvalue weighted by Gasteiger charge is 2.30. The summed E-state index contributed by atoms with van der Waals surface area (Å²) in [6.45, 7) is 1.13. The summed E-state index contributed by atoms with van der Waals surface area (Å²) in [5, 5.41) is 23.7. The first-order valence-electron chi connectivity index (χ1n) is 8.50. The highest BCUT2D eigenvalue weighted by Crippen LogP contribution is 2.42. The summed E-state index contributed by atoms with van der Waals surface area (Å²) in [6.07, 6.45) is 2.61. The van der Waals surface area contributed by atoms with Crippen LogP contribution in [0.4, 0.5) is 17.3 Å². The minimum absolute atomic E-state index is 0.00173. The Morgan fingerprint density at radius 1 is 1.18 bits per heavy atom. The van der Waals surface area contributed by atoms with Crippen molar-refractivity contribution >= 4 is 23.3 Å². The molecule has 2 aromatic rings. The summed E-state index contributed by atoms with van der Waals surface area (Å²) < 4.78 is 11.4. The zero-order chi connectivity index (χ0) is 19.7. The minimum atomic E-state index is -0.621. The Morgan fingerprint density at radius 2 is 1.96 bits per heavy atom. The van der Waals surface area contributed by atoms with Crippen molar-refractivity contribution in [3.8, 4) is 23.8 Å². The third-order valence-corrected chi connectivity index (χ3v) is 4.44. The fraction of sp³-hybridized carbons (Fsp3) is 0.222. The maximum atomic E-state index is 9.39. The molecule has 1 atom stereocenters. The van der Waals surface area contributed by atoms with E-state index in [0.29, 0.717) is 36.1 Å². The van der Waals surface area contributed by atoms with Crippen LogP contribution in [0.5, 0.6) is 11.5 Å². The van der Waals surface area contributed by atoms with Gasteiger partial charge in [0.25, 0.3) is 0 Å². The Balaban J connectivity index is 1.88. The molecule has 1 aromatic heterocycles. The fourth-order valence-electron chi connectivity index (χ4n) is 3.17. The largest absolute Gasteiger partial charge is 0.490 e. The second-order valence-corrected chi connectivity index (χ2v) is 6.16. The van der Waals surface area contributed by atoms with Crippen LogP contribution in [0.3, 0.4) is 0 Å². The number of aliphatic imine (C=N–C) groups is 1. The third-order valence-electron chi connectivity index (χ3n) is 4.44. The molecule has 0 aliphatic carbocycles. The molecule has 0 amide bonds. The molecule has 1 aromatic carbocycles. The molecular weight excluding hydrogens is 360 g/mol. The Kier molecular flexibility index (Phi) is 4.22. The zero-order valence-electron chi connectivity index (χ0n) is 14.7. The van der Waals surface area contributed by atoms with Gasteiger partial charge in [-0.3, -0.25) is 5.32 Å². The van der Waals surface area contributed by atoms with Crippen molar-refractivity contribution in [2.24, 2.45) is 4.99 Å². The van der Waals surface area contributed by atoms with E-state index in [-0.39, 0.29) is 23.0 Å². The number of nitrogens with one attached hydrogen (secondary N) is 2. The van der Waals surface area contributed by atoms with Gasteiger partial charge in [0, 0.05) is 12.0 Å². The number of anilines is 3. The molecule has 0 saturated heterocycles. The van der Waals surface area contributed by atoms with Crippen molar-refractivity contribution in [1.29, 1.82) is 10.5 Å². The number of nitrogens with two attached hydrogens (primary N) is 2. The van der Waals surface area contributed by atoms with Gasteiger partial charge in [-0.2, -0.15) is 10.5 Å². The van der Waals surface area contributed by atoms with Crippen LogP contribution >= 0.6 is 0 Å². The monoisotopic (exact) mass is 376 g/mol. The second kappa shape index (κ2) is 6.85. The molecule has 0 bridgehead atoms. The number of hydrogen-bond acceptors (Lipinski definition) is 10. The van der Waals surface area contributed by atoms with Crippen LogP contribution in [0, 0.1) is 22.8 Å². The number of nitrogen functional groups attached to an aromatic ring is 2. The van der Waals surface area contributed by atoms with Gasteiger partial charge in [-0.15, -0.1) is 0 Å². The van der Waals surface area contributed by atoms with Crippen molar-refractivity contribution in [1.82, 2.24) is 10.3 Å². The first kappa shape index (κ1) is 17.2. The minimum Gasteiger partial charge on any atom is -0.490 e. The maximum Gasteiger partial charge on any atom is 0.211 e. The highest BCUT2D eigenvalue weighted by molar-refractivity contribution is 5.98. The van der Waals surface area contributed by atoms with E-state index in [9.17, 15) is 5.26 Å². The third kappa shape index (κ3) is 2.83. The van der Waals surface area contributed by atoms with E-state index in [0.717, 1.165) is 12.0 Å². The molecule has 28 heavy (non-hydrogen) atoms. The number of aromatic nitrogens is 1. The average Bonchev–Trinajstić information content (AvgIpc) is 2.92. The van der Waals surface area contributed by atoms with Gasteiger partial charge in [0.2, 0.25) is 5.96 Å². The molecule has 4 rings (SSSR count). The lowest BCUT2D eigenvalue weighted by Crippen LogP contribution is -2.32. The van der Waals surface area contributed by atoms with E-state index < -0.39 is 6.04 Å². The fourth-order valence-corrected chi connectivity index (χ4v) is 3.17.